The lowest BCUT2D eigenvalue weighted by molar-refractivity contribution is -0.274. The Bertz CT molecular complexity index is 1810. The molecule has 9 nitrogen and oxygen atoms in total. The number of nitrogens with zero attached hydrogens (tertiary/aromatic N) is 4. The van der Waals surface area contributed by atoms with Crippen molar-refractivity contribution < 1.29 is 31.1 Å². The Morgan fingerprint density at radius 3 is 2.67 bits per heavy atom. The molecule has 0 aliphatic carbocycles. The first-order chi connectivity index (χ1) is 21.2. The van der Waals surface area contributed by atoms with Gasteiger partial charge in [0.15, 0.2) is 10.9 Å². The highest BCUT2D eigenvalue weighted by atomic mass is 32.1. The van der Waals surface area contributed by atoms with E-state index in [0.29, 0.717) is 26.2 Å². The number of nitrogen functional groups attached to an aromatic ring is 1. The number of hydrogen-bond acceptors (Lipinski definition) is 9. The number of nitrogens with two attached hydrogens (primary N) is 1. The molecule has 5 heterocycles. The van der Waals surface area contributed by atoms with E-state index in [1.54, 1.807) is 4.90 Å². The molecule has 2 unspecified atom stereocenters. The lowest BCUT2D eigenvalue weighted by atomic mass is 9.97. The van der Waals surface area contributed by atoms with Crippen molar-refractivity contribution in [3.63, 3.8) is 0 Å². The number of thiazole rings is 1. The maximum absolute atomic E-state index is 16.0. The Balaban J connectivity index is 0.000000301. The molecule has 45 heavy (non-hydrogen) atoms. The average molecular weight is 656 g/mol. The summed E-state index contributed by atoms with van der Waals surface area (Å²) in [4.78, 5) is 26.5. The molecule has 3 aliphatic heterocycles. The van der Waals surface area contributed by atoms with Crippen LogP contribution in [0.3, 0.4) is 0 Å². The standard InChI is InChI=1S/C21H17F5N6O2S.C8H14FN/c1-8-7-32(5-4-28-8)18-10-6-12(34-21(24,25)26)13(14(23)15(10)30-20(33)31-18)9-2-3-11(22)17-16(9)29-19(27)35-17;1-8-3-2-4-10(8)6-7(9)5-8/h2-3,6,8,28H,4-5,7H2,1H3,(H2,27,29)(H,30,31,33);7H,2-6H2,1H3/t;7?,8-/m.0/s1. The van der Waals surface area contributed by atoms with Gasteiger partial charge in [0.05, 0.1) is 21.3 Å². The molecule has 4 N–H and O–H groups in total. The SMILES string of the molecule is CC1CN(c2nc(=O)[nH]c3c(F)c(-c4ccc(F)c5sc(N)nc45)c(OC(F)(F)F)cc23)CCN1.C[C@@]12CCCN1CC(F)C2. The molecule has 7 rings (SSSR count). The molecule has 3 fully saturated rings. The van der Waals surface area contributed by atoms with Gasteiger partial charge in [0.2, 0.25) is 0 Å². The van der Waals surface area contributed by atoms with Gasteiger partial charge in [0, 0.05) is 48.7 Å². The van der Waals surface area contributed by atoms with Crippen LogP contribution in [0, 0.1) is 11.6 Å². The topological polar surface area (TPSA) is 112 Å². The second-order valence-electron chi connectivity index (χ2n) is 11.9. The van der Waals surface area contributed by atoms with Gasteiger partial charge in [-0.05, 0) is 57.9 Å². The van der Waals surface area contributed by atoms with Gasteiger partial charge in [-0.3, -0.25) is 4.90 Å². The predicted molar refractivity (Wildman–Crippen MR) is 160 cm³/mol. The lowest BCUT2D eigenvalue weighted by Crippen LogP contribution is -2.50. The minimum absolute atomic E-state index is 0.00229. The number of anilines is 2. The fraction of sp³-hybridized carbons (Fsp3) is 0.483. The van der Waals surface area contributed by atoms with Crippen molar-refractivity contribution in [3.05, 3.63) is 40.3 Å². The van der Waals surface area contributed by atoms with E-state index in [9.17, 15) is 26.7 Å². The Kier molecular flexibility index (Phi) is 8.10. The number of benzene rings is 2. The quantitative estimate of drug-likeness (QED) is 0.254. The first kappa shape index (κ1) is 31.4. The summed E-state index contributed by atoms with van der Waals surface area (Å²) in [7, 11) is 0. The molecule has 3 saturated heterocycles. The molecule has 0 saturated carbocycles. The first-order valence-corrected chi connectivity index (χ1v) is 15.3. The van der Waals surface area contributed by atoms with Crippen molar-refractivity contribution in [3.8, 4) is 16.9 Å². The van der Waals surface area contributed by atoms with Gasteiger partial charge in [-0.2, -0.15) is 4.98 Å². The molecule has 2 aromatic heterocycles. The van der Waals surface area contributed by atoms with Crippen molar-refractivity contribution in [1.82, 2.24) is 25.2 Å². The van der Waals surface area contributed by atoms with Gasteiger partial charge >= 0.3 is 12.1 Å². The summed E-state index contributed by atoms with van der Waals surface area (Å²) < 4.78 is 87.5. The Labute approximate surface area is 257 Å². The van der Waals surface area contributed by atoms with Crippen molar-refractivity contribution in [2.75, 3.05) is 43.4 Å². The highest BCUT2D eigenvalue weighted by Crippen LogP contribution is 2.45. The highest BCUT2D eigenvalue weighted by molar-refractivity contribution is 7.22. The maximum atomic E-state index is 16.0. The molecule has 16 heteroatoms. The smallest absolute Gasteiger partial charge is 0.405 e. The fourth-order valence-electron chi connectivity index (χ4n) is 6.63. The zero-order valence-electron chi connectivity index (χ0n) is 24.4. The van der Waals surface area contributed by atoms with Crippen LogP contribution in [0.5, 0.6) is 5.75 Å². The van der Waals surface area contributed by atoms with Crippen molar-refractivity contribution >= 4 is 43.4 Å². The van der Waals surface area contributed by atoms with Gasteiger partial charge in [-0.1, -0.05) is 11.3 Å². The number of nitrogens with one attached hydrogen (secondary N) is 2. The van der Waals surface area contributed by atoms with Crippen LogP contribution in [0.25, 0.3) is 32.2 Å². The molecular formula is C29H31F6N7O2S. The molecule has 0 radical (unpaired) electrons. The lowest BCUT2D eigenvalue weighted by Gasteiger charge is -2.33. The van der Waals surface area contributed by atoms with E-state index < -0.39 is 41.2 Å². The number of aromatic nitrogens is 3. The third-order valence-corrected chi connectivity index (χ3v) is 9.47. The molecule has 3 aliphatic rings. The van der Waals surface area contributed by atoms with Gasteiger partial charge in [-0.15, -0.1) is 13.2 Å². The minimum atomic E-state index is -5.17. The summed E-state index contributed by atoms with van der Waals surface area (Å²) in [6, 6.07) is 3.02. The highest BCUT2D eigenvalue weighted by Gasteiger charge is 2.44. The van der Waals surface area contributed by atoms with E-state index in [1.807, 2.05) is 6.92 Å². The van der Waals surface area contributed by atoms with E-state index in [1.165, 1.54) is 12.8 Å². The zero-order chi connectivity index (χ0) is 32.3. The molecule has 2 aromatic carbocycles. The Morgan fingerprint density at radius 1 is 1.18 bits per heavy atom. The molecule has 242 valence electrons. The van der Waals surface area contributed by atoms with Gasteiger partial charge in [0.1, 0.15) is 23.6 Å². The second kappa shape index (κ2) is 11.6. The minimum Gasteiger partial charge on any atom is -0.405 e. The van der Waals surface area contributed by atoms with Gasteiger partial charge in [0.25, 0.3) is 0 Å². The van der Waals surface area contributed by atoms with Crippen molar-refractivity contribution in [2.45, 2.75) is 57.2 Å². The first-order valence-electron chi connectivity index (χ1n) is 14.5. The third-order valence-electron chi connectivity index (χ3n) is 8.57. The summed E-state index contributed by atoms with van der Waals surface area (Å²) in [6.07, 6.45) is -2.48. The van der Waals surface area contributed by atoms with Crippen LogP contribution in [0.1, 0.15) is 33.1 Å². The van der Waals surface area contributed by atoms with E-state index in [4.69, 9.17) is 5.73 Å². The van der Waals surface area contributed by atoms with Gasteiger partial charge in [-0.25, -0.2) is 22.9 Å². The second-order valence-corrected chi connectivity index (χ2v) is 12.9. The summed E-state index contributed by atoms with van der Waals surface area (Å²) in [5, 5.41) is 3.07. The van der Waals surface area contributed by atoms with E-state index in [0.717, 1.165) is 42.5 Å². The third kappa shape index (κ3) is 6.14. The predicted octanol–water partition coefficient (Wildman–Crippen LogP) is 5.34. The van der Waals surface area contributed by atoms with Crippen molar-refractivity contribution in [2.24, 2.45) is 0 Å². The summed E-state index contributed by atoms with van der Waals surface area (Å²) in [6.45, 7) is 7.21. The molecule has 4 aromatic rings. The van der Waals surface area contributed by atoms with Crippen LogP contribution in [0.4, 0.5) is 37.3 Å². The average Bonchev–Trinajstić information content (AvgIpc) is 3.59. The van der Waals surface area contributed by atoms with Crippen molar-refractivity contribution in [1.29, 1.82) is 0 Å². The van der Waals surface area contributed by atoms with E-state index in [2.05, 4.69) is 36.8 Å². The van der Waals surface area contributed by atoms with Crippen LogP contribution in [0.15, 0.2) is 23.0 Å². The molecule has 0 bridgehead atoms. The fourth-order valence-corrected chi connectivity index (χ4v) is 7.40. The summed E-state index contributed by atoms with van der Waals surface area (Å²) >= 11 is 0.766. The van der Waals surface area contributed by atoms with Crippen LogP contribution in [0.2, 0.25) is 0 Å². The number of fused-ring (bicyclic) bond motifs is 3. The normalized spacial score (nSPS) is 23.8. The van der Waals surface area contributed by atoms with E-state index in [-0.39, 0.29) is 49.2 Å². The number of hydrogen-bond donors (Lipinski definition) is 3. The van der Waals surface area contributed by atoms with E-state index >= 15 is 4.39 Å². The number of H-pyrrole nitrogens is 1. The number of ether oxygens (including phenoxy) is 1. The van der Waals surface area contributed by atoms with Crippen LogP contribution >= 0.6 is 11.3 Å². The maximum Gasteiger partial charge on any atom is 0.573 e. The van der Waals surface area contributed by atoms with Crippen LogP contribution in [-0.2, 0) is 0 Å². The number of halogens is 6. The number of rotatable bonds is 3. The van der Waals surface area contributed by atoms with Gasteiger partial charge < -0.3 is 25.7 Å². The molecule has 0 amide bonds. The largest absolute Gasteiger partial charge is 0.573 e. The number of piperazine rings is 1. The summed E-state index contributed by atoms with van der Waals surface area (Å²) in [5.41, 5.74) is 3.71. The molecular weight excluding hydrogens is 624 g/mol. The van der Waals surface area contributed by atoms with Crippen LogP contribution < -0.4 is 26.4 Å². The molecule has 3 atom stereocenters. The Hall–Kier alpha value is -3.63. The monoisotopic (exact) mass is 655 g/mol. The Morgan fingerprint density at radius 2 is 1.96 bits per heavy atom. The summed E-state index contributed by atoms with van der Waals surface area (Å²) in [5.74, 6) is -2.78. The van der Waals surface area contributed by atoms with Crippen LogP contribution in [-0.4, -0.2) is 76.7 Å². The zero-order valence-corrected chi connectivity index (χ0v) is 25.2. The molecule has 0 spiro atoms. The number of alkyl halides is 4. The number of aromatic amines is 1.